The molecular weight excluding hydrogens is 500 g/mol. The lowest BCUT2D eigenvalue weighted by molar-refractivity contribution is 0.263. The van der Waals surface area contributed by atoms with Crippen LogP contribution in [0.1, 0.15) is 48.6 Å². The number of rotatable bonds is 11. The van der Waals surface area contributed by atoms with E-state index in [0.717, 1.165) is 35.8 Å². The quantitative estimate of drug-likeness (QED) is 0.172. The summed E-state index contributed by atoms with van der Waals surface area (Å²) >= 11 is 0. The number of benzene rings is 4. The van der Waals surface area contributed by atoms with E-state index >= 15 is 0 Å². The van der Waals surface area contributed by atoms with Gasteiger partial charge in [-0.15, -0.1) is 0 Å². The zero-order chi connectivity index (χ0) is 27.7. The van der Waals surface area contributed by atoms with Gasteiger partial charge in [-0.3, -0.25) is 0 Å². The molecule has 0 spiro atoms. The van der Waals surface area contributed by atoms with Crippen molar-refractivity contribution in [2.45, 2.75) is 43.8 Å². The van der Waals surface area contributed by atoms with Crippen molar-refractivity contribution in [3.63, 3.8) is 0 Å². The first-order valence-corrected chi connectivity index (χ1v) is 13.9. The van der Waals surface area contributed by atoms with Crippen molar-refractivity contribution in [1.29, 1.82) is 0 Å². The van der Waals surface area contributed by atoms with E-state index in [0.29, 0.717) is 13.2 Å². The monoisotopic (exact) mass is 536 g/mol. The molecule has 2 fully saturated rings. The van der Waals surface area contributed by atoms with Crippen LogP contribution in [-0.2, 0) is 20.3 Å². The number of phenols is 1. The molecule has 0 radical (unpaired) electrons. The maximum absolute atomic E-state index is 9.98. The van der Waals surface area contributed by atoms with Gasteiger partial charge in [0.25, 0.3) is 0 Å². The summed E-state index contributed by atoms with van der Waals surface area (Å²) in [6.45, 7) is 9.49. The largest absolute Gasteiger partial charge is 0.508 e. The first-order chi connectivity index (χ1) is 19.3. The summed E-state index contributed by atoms with van der Waals surface area (Å²) in [4.78, 5) is 0. The smallest absolute Gasteiger partial charge is 0.119 e. The Morgan fingerprint density at radius 3 is 1.30 bits per heavy atom. The van der Waals surface area contributed by atoms with Gasteiger partial charge in [0.2, 0.25) is 0 Å². The Kier molecular flexibility index (Phi) is 7.03. The van der Waals surface area contributed by atoms with Crippen LogP contribution in [0.25, 0.3) is 0 Å². The minimum absolute atomic E-state index is 0.185. The van der Waals surface area contributed by atoms with E-state index in [2.05, 4.69) is 69.3 Å². The molecule has 0 aromatic heterocycles. The second kappa shape index (κ2) is 10.6. The van der Waals surface area contributed by atoms with Gasteiger partial charge in [0.05, 0.1) is 13.2 Å². The predicted octanol–water partition coefficient (Wildman–Crippen LogP) is 6.63. The molecule has 2 aliphatic heterocycles. The van der Waals surface area contributed by atoms with Crippen LogP contribution >= 0.6 is 0 Å². The average Bonchev–Trinajstić information content (AvgIpc) is 3.91. The second-order valence-corrected chi connectivity index (χ2v) is 11.5. The van der Waals surface area contributed by atoms with E-state index in [1.165, 1.54) is 16.7 Å². The molecule has 1 N–H and O–H groups in total. The number of phenolic OH excluding ortho intramolecular Hbond substituents is 1. The highest BCUT2D eigenvalue weighted by atomic mass is 16.6. The summed E-state index contributed by atoms with van der Waals surface area (Å²) in [6.07, 6.45) is 0.467. The third-order valence-electron chi connectivity index (χ3n) is 8.31. The number of hydrogen-bond acceptors (Lipinski definition) is 5. The topological polar surface area (TPSA) is 63.8 Å². The standard InChI is InChI=1S/C35H36O5/c1-34(2,25-10-16-30(17-11-25)37-20-32-22-39-32)24-4-6-26(7-5-24)35(3,27-8-14-29(36)15-9-27)28-12-18-31(19-13-28)38-21-33-23-40-33/h4-19,32-33,36H,20-23H2,1-3H3. The Hall–Kier alpha value is -3.80. The second-order valence-electron chi connectivity index (χ2n) is 11.5. The Morgan fingerprint density at radius 2 is 0.900 bits per heavy atom. The van der Waals surface area contributed by atoms with Crippen LogP contribution in [0, 0.1) is 0 Å². The number of aromatic hydroxyl groups is 1. The lowest BCUT2D eigenvalue weighted by Crippen LogP contribution is -2.26. The summed E-state index contributed by atoms with van der Waals surface area (Å²) in [5, 5.41) is 9.98. The normalized spacial score (nSPS) is 19.5. The lowest BCUT2D eigenvalue weighted by atomic mass is 9.70. The highest BCUT2D eigenvalue weighted by Gasteiger charge is 2.32. The summed E-state index contributed by atoms with van der Waals surface area (Å²) < 4.78 is 22.2. The molecule has 3 atom stereocenters. The zero-order valence-electron chi connectivity index (χ0n) is 23.3. The minimum atomic E-state index is -0.432. The maximum Gasteiger partial charge on any atom is 0.119 e. The molecule has 40 heavy (non-hydrogen) atoms. The molecule has 0 aliphatic carbocycles. The maximum atomic E-state index is 9.98. The fraction of sp³-hybridized carbons (Fsp3) is 0.314. The third kappa shape index (κ3) is 5.58. The molecule has 4 aromatic rings. The van der Waals surface area contributed by atoms with Crippen LogP contribution in [0.3, 0.4) is 0 Å². The van der Waals surface area contributed by atoms with Gasteiger partial charge in [-0.1, -0.05) is 74.5 Å². The van der Waals surface area contributed by atoms with E-state index in [1.807, 2.05) is 36.4 Å². The molecule has 5 heteroatoms. The van der Waals surface area contributed by atoms with Crippen LogP contribution in [0.2, 0.25) is 0 Å². The SMILES string of the molecule is CC(C)(c1ccc(OCC2CO2)cc1)c1ccc(C(C)(c2ccc(O)cc2)c2ccc(OCC3CO3)cc2)cc1. The lowest BCUT2D eigenvalue weighted by Gasteiger charge is -2.33. The van der Waals surface area contributed by atoms with Crippen LogP contribution < -0.4 is 9.47 Å². The van der Waals surface area contributed by atoms with Gasteiger partial charge in [-0.25, -0.2) is 0 Å². The summed E-state index contributed by atoms with van der Waals surface area (Å²) in [5.74, 6) is 1.96. The van der Waals surface area contributed by atoms with Gasteiger partial charge in [0.15, 0.2) is 0 Å². The van der Waals surface area contributed by atoms with Gasteiger partial charge < -0.3 is 24.1 Å². The van der Waals surface area contributed by atoms with Crippen LogP contribution in [0.15, 0.2) is 97.1 Å². The summed E-state index contributed by atoms with van der Waals surface area (Å²) in [5.41, 5.74) is 5.26. The van der Waals surface area contributed by atoms with E-state index in [9.17, 15) is 5.11 Å². The van der Waals surface area contributed by atoms with E-state index in [4.69, 9.17) is 18.9 Å². The molecule has 0 saturated carbocycles. The highest BCUT2D eigenvalue weighted by molar-refractivity contribution is 5.52. The van der Waals surface area contributed by atoms with Crippen LogP contribution in [0.5, 0.6) is 17.2 Å². The molecule has 5 nitrogen and oxygen atoms in total. The van der Waals surface area contributed by atoms with Crippen molar-refractivity contribution < 1.29 is 24.1 Å². The van der Waals surface area contributed by atoms with Gasteiger partial charge in [-0.05, 0) is 71.1 Å². The zero-order valence-corrected chi connectivity index (χ0v) is 23.3. The molecule has 3 unspecified atom stereocenters. The minimum Gasteiger partial charge on any atom is -0.508 e. The van der Waals surface area contributed by atoms with Crippen molar-refractivity contribution in [2.75, 3.05) is 26.4 Å². The van der Waals surface area contributed by atoms with E-state index < -0.39 is 5.41 Å². The van der Waals surface area contributed by atoms with Crippen molar-refractivity contribution in [3.8, 4) is 17.2 Å². The molecule has 6 rings (SSSR count). The fourth-order valence-electron chi connectivity index (χ4n) is 5.24. The molecular formula is C35H36O5. The Balaban J connectivity index is 1.27. The molecule has 0 amide bonds. The molecule has 2 heterocycles. The predicted molar refractivity (Wildman–Crippen MR) is 156 cm³/mol. The summed E-state index contributed by atoms with van der Waals surface area (Å²) in [7, 11) is 0. The van der Waals surface area contributed by atoms with Crippen LogP contribution in [0.4, 0.5) is 0 Å². The number of epoxide rings is 2. The Bertz CT molecular complexity index is 1420. The van der Waals surface area contributed by atoms with Gasteiger partial charge in [0.1, 0.15) is 42.7 Å². The summed E-state index contributed by atoms with van der Waals surface area (Å²) in [6, 6.07) is 33.1. The first kappa shape index (κ1) is 26.4. The number of hydrogen-bond donors (Lipinski definition) is 1. The third-order valence-corrected chi connectivity index (χ3v) is 8.31. The van der Waals surface area contributed by atoms with Gasteiger partial charge >= 0.3 is 0 Å². The first-order valence-electron chi connectivity index (χ1n) is 13.9. The van der Waals surface area contributed by atoms with Gasteiger partial charge in [0, 0.05) is 10.8 Å². The molecule has 206 valence electrons. The Morgan fingerprint density at radius 1 is 0.575 bits per heavy atom. The molecule has 0 bridgehead atoms. The molecule has 2 aliphatic rings. The fourth-order valence-corrected chi connectivity index (χ4v) is 5.24. The van der Waals surface area contributed by atoms with Gasteiger partial charge in [-0.2, -0.15) is 0 Å². The average molecular weight is 537 g/mol. The van der Waals surface area contributed by atoms with Crippen molar-refractivity contribution in [1.82, 2.24) is 0 Å². The van der Waals surface area contributed by atoms with Crippen molar-refractivity contribution >= 4 is 0 Å². The molecule has 2 saturated heterocycles. The van der Waals surface area contributed by atoms with Crippen molar-refractivity contribution in [2.24, 2.45) is 0 Å². The van der Waals surface area contributed by atoms with Crippen molar-refractivity contribution in [3.05, 3.63) is 125 Å². The van der Waals surface area contributed by atoms with E-state index in [-0.39, 0.29) is 23.4 Å². The van der Waals surface area contributed by atoms with E-state index in [1.54, 1.807) is 12.1 Å². The Labute approximate surface area is 236 Å². The molecule has 4 aromatic carbocycles. The highest BCUT2D eigenvalue weighted by Crippen LogP contribution is 2.41. The number of ether oxygens (including phenoxy) is 4. The van der Waals surface area contributed by atoms with Crippen LogP contribution in [-0.4, -0.2) is 43.7 Å².